The number of hydrogen-bond donors (Lipinski definition) is 1. The molecule has 1 amide bonds. The fraction of sp³-hybridized carbons (Fsp3) is 0.929. The third-order valence-electron chi connectivity index (χ3n) is 4.95. The molecule has 2 N–H and O–H groups in total. The second kappa shape index (κ2) is 4.97. The Labute approximate surface area is 105 Å². The summed E-state index contributed by atoms with van der Waals surface area (Å²) in [6, 6.07) is -0.0509. The van der Waals surface area contributed by atoms with Crippen molar-refractivity contribution in [1.29, 1.82) is 0 Å². The summed E-state index contributed by atoms with van der Waals surface area (Å²) in [5.41, 5.74) is 5.80. The first-order chi connectivity index (χ1) is 7.99. The van der Waals surface area contributed by atoms with Gasteiger partial charge in [0.15, 0.2) is 0 Å². The molecular formula is C14H26N2O. The molecule has 0 aromatic carbocycles. The van der Waals surface area contributed by atoms with Gasteiger partial charge < -0.3 is 10.6 Å². The number of hydrogen-bond acceptors (Lipinski definition) is 2. The summed E-state index contributed by atoms with van der Waals surface area (Å²) < 4.78 is 0. The van der Waals surface area contributed by atoms with Crippen LogP contribution in [0.4, 0.5) is 0 Å². The van der Waals surface area contributed by atoms with Crippen molar-refractivity contribution in [3.8, 4) is 0 Å². The minimum Gasteiger partial charge on any atom is -0.345 e. The Morgan fingerprint density at radius 3 is 2.53 bits per heavy atom. The number of amides is 1. The van der Waals surface area contributed by atoms with Gasteiger partial charge in [0.2, 0.25) is 5.91 Å². The highest BCUT2D eigenvalue weighted by Crippen LogP contribution is 2.48. The zero-order valence-corrected chi connectivity index (χ0v) is 11.4. The molecule has 2 fully saturated rings. The van der Waals surface area contributed by atoms with Gasteiger partial charge >= 0.3 is 0 Å². The smallest absolute Gasteiger partial charge is 0.226 e. The Balaban J connectivity index is 1.85. The van der Waals surface area contributed by atoms with E-state index in [1.165, 1.54) is 25.7 Å². The average Bonchev–Trinajstić information content (AvgIpc) is 2.88. The van der Waals surface area contributed by atoms with Crippen molar-refractivity contribution < 1.29 is 4.79 Å². The Kier molecular flexibility index (Phi) is 3.76. The van der Waals surface area contributed by atoms with Crippen LogP contribution in [0.3, 0.4) is 0 Å². The first kappa shape index (κ1) is 12.9. The van der Waals surface area contributed by atoms with Crippen LogP contribution in [0.25, 0.3) is 0 Å². The SMILES string of the molecule is CC(N)C(C)C(=O)N(C)CC1CC2CCC1C2. The van der Waals surface area contributed by atoms with Crippen LogP contribution in [0.1, 0.15) is 39.5 Å². The quantitative estimate of drug-likeness (QED) is 0.812. The summed E-state index contributed by atoms with van der Waals surface area (Å²) in [7, 11) is 1.94. The Morgan fingerprint density at radius 2 is 2.06 bits per heavy atom. The van der Waals surface area contributed by atoms with Gasteiger partial charge in [0.1, 0.15) is 0 Å². The second-order valence-corrected chi connectivity index (χ2v) is 6.30. The molecule has 2 aliphatic carbocycles. The van der Waals surface area contributed by atoms with Crippen LogP contribution in [0, 0.1) is 23.7 Å². The molecule has 2 aliphatic rings. The molecule has 0 saturated heterocycles. The monoisotopic (exact) mass is 238 g/mol. The highest BCUT2D eigenvalue weighted by atomic mass is 16.2. The van der Waals surface area contributed by atoms with Gasteiger partial charge in [0.05, 0.1) is 5.92 Å². The van der Waals surface area contributed by atoms with Gasteiger partial charge in [0.25, 0.3) is 0 Å². The molecule has 0 spiro atoms. The molecule has 0 aromatic rings. The Bertz CT molecular complexity index is 290. The first-order valence-corrected chi connectivity index (χ1v) is 6.99. The summed E-state index contributed by atoms with van der Waals surface area (Å²) in [5, 5.41) is 0. The van der Waals surface area contributed by atoms with Crippen LogP contribution < -0.4 is 5.73 Å². The van der Waals surface area contributed by atoms with Crippen LogP contribution >= 0.6 is 0 Å². The minimum atomic E-state index is -0.0569. The van der Waals surface area contributed by atoms with Crippen molar-refractivity contribution in [2.45, 2.75) is 45.6 Å². The largest absolute Gasteiger partial charge is 0.345 e. The molecule has 3 heteroatoms. The van der Waals surface area contributed by atoms with Crippen molar-refractivity contribution in [2.75, 3.05) is 13.6 Å². The summed E-state index contributed by atoms with van der Waals surface area (Å²) >= 11 is 0. The standard InChI is InChI=1S/C14H26N2O/c1-9(10(2)15)14(17)16(3)8-13-7-11-4-5-12(13)6-11/h9-13H,4-8,15H2,1-3H3. The lowest BCUT2D eigenvalue weighted by atomic mass is 9.88. The third-order valence-corrected chi connectivity index (χ3v) is 4.95. The second-order valence-electron chi connectivity index (χ2n) is 6.30. The van der Waals surface area contributed by atoms with Crippen molar-refractivity contribution in [2.24, 2.45) is 29.4 Å². The van der Waals surface area contributed by atoms with E-state index in [1.807, 2.05) is 25.8 Å². The molecule has 0 heterocycles. The van der Waals surface area contributed by atoms with E-state index in [2.05, 4.69) is 0 Å². The number of rotatable bonds is 4. The number of fused-ring (bicyclic) bond motifs is 2. The molecular weight excluding hydrogens is 212 g/mol. The van der Waals surface area contributed by atoms with Gasteiger partial charge in [-0.1, -0.05) is 13.3 Å². The van der Waals surface area contributed by atoms with Crippen molar-refractivity contribution in [3.63, 3.8) is 0 Å². The third kappa shape index (κ3) is 2.65. The fourth-order valence-electron chi connectivity index (χ4n) is 3.61. The highest BCUT2D eigenvalue weighted by Gasteiger charge is 2.40. The van der Waals surface area contributed by atoms with E-state index in [1.54, 1.807) is 0 Å². The maximum Gasteiger partial charge on any atom is 0.226 e. The predicted molar refractivity (Wildman–Crippen MR) is 69.4 cm³/mol. The molecule has 0 aliphatic heterocycles. The van der Waals surface area contributed by atoms with Crippen LogP contribution in [0.2, 0.25) is 0 Å². The van der Waals surface area contributed by atoms with Crippen LogP contribution in [-0.2, 0) is 4.79 Å². The van der Waals surface area contributed by atoms with E-state index in [9.17, 15) is 4.79 Å². The lowest BCUT2D eigenvalue weighted by Gasteiger charge is -2.29. The molecule has 0 radical (unpaired) electrons. The number of carbonyl (C=O) groups excluding carboxylic acids is 1. The van der Waals surface area contributed by atoms with E-state index in [-0.39, 0.29) is 17.9 Å². The summed E-state index contributed by atoms with van der Waals surface area (Å²) in [5.74, 6) is 2.75. The van der Waals surface area contributed by atoms with Crippen LogP contribution in [0.15, 0.2) is 0 Å². The summed E-state index contributed by atoms with van der Waals surface area (Å²) in [4.78, 5) is 14.0. The zero-order chi connectivity index (χ0) is 12.6. The van der Waals surface area contributed by atoms with Crippen molar-refractivity contribution in [1.82, 2.24) is 4.90 Å². The van der Waals surface area contributed by atoms with Gasteiger partial charge in [0, 0.05) is 19.6 Å². The first-order valence-electron chi connectivity index (χ1n) is 6.99. The maximum absolute atomic E-state index is 12.1. The highest BCUT2D eigenvalue weighted by molar-refractivity contribution is 5.78. The molecule has 5 unspecified atom stereocenters. The molecule has 0 aromatic heterocycles. The predicted octanol–water partition coefficient (Wildman–Crippen LogP) is 1.86. The number of nitrogens with zero attached hydrogens (tertiary/aromatic N) is 1. The minimum absolute atomic E-state index is 0.0509. The topological polar surface area (TPSA) is 46.3 Å². The molecule has 5 atom stereocenters. The van der Waals surface area contributed by atoms with Crippen molar-refractivity contribution in [3.05, 3.63) is 0 Å². The average molecular weight is 238 g/mol. The van der Waals surface area contributed by atoms with Gasteiger partial charge in [-0.05, 0) is 43.9 Å². The molecule has 17 heavy (non-hydrogen) atoms. The molecule has 2 bridgehead atoms. The number of nitrogens with two attached hydrogens (primary N) is 1. The van der Waals surface area contributed by atoms with E-state index in [0.29, 0.717) is 0 Å². The van der Waals surface area contributed by atoms with E-state index in [4.69, 9.17) is 5.73 Å². The normalized spacial score (nSPS) is 34.7. The summed E-state index contributed by atoms with van der Waals surface area (Å²) in [6.07, 6.45) is 5.57. The maximum atomic E-state index is 12.1. The van der Waals surface area contributed by atoms with Gasteiger partial charge in [-0.3, -0.25) is 4.79 Å². The Morgan fingerprint density at radius 1 is 1.35 bits per heavy atom. The van der Waals surface area contributed by atoms with Crippen molar-refractivity contribution >= 4 is 5.91 Å². The molecule has 98 valence electrons. The number of carbonyl (C=O) groups is 1. The fourth-order valence-corrected chi connectivity index (χ4v) is 3.61. The van der Waals surface area contributed by atoms with E-state index in [0.717, 1.165) is 24.3 Å². The molecule has 2 saturated carbocycles. The van der Waals surface area contributed by atoms with Gasteiger partial charge in [-0.2, -0.15) is 0 Å². The van der Waals surface area contributed by atoms with Crippen LogP contribution in [0.5, 0.6) is 0 Å². The molecule has 3 nitrogen and oxygen atoms in total. The Hall–Kier alpha value is -0.570. The van der Waals surface area contributed by atoms with Gasteiger partial charge in [-0.15, -0.1) is 0 Å². The van der Waals surface area contributed by atoms with Crippen LogP contribution in [-0.4, -0.2) is 30.4 Å². The van der Waals surface area contributed by atoms with E-state index >= 15 is 0 Å². The van der Waals surface area contributed by atoms with E-state index < -0.39 is 0 Å². The molecule has 2 rings (SSSR count). The lowest BCUT2D eigenvalue weighted by Crippen LogP contribution is -2.42. The lowest BCUT2D eigenvalue weighted by molar-refractivity contribution is -0.134. The van der Waals surface area contributed by atoms with Gasteiger partial charge in [-0.25, -0.2) is 0 Å². The summed E-state index contributed by atoms with van der Waals surface area (Å²) in [6.45, 7) is 4.79. The zero-order valence-electron chi connectivity index (χ0n) is 11.4.